The van der Waals surface area contributed by atoms with E-state index in [-0.39, 0.29) is 47.2 Å². The van der Waals surface area contributed by atoms with E-state index in [4.69, 9.17) is 0 Å². The van der Waals surface area contributed by atoms with E-state index < -0.39 is 0 Å². The zero-order valence-corrected chi connectivity index (χ0v) is 19.2. The second kappa shape index (κ2) is 14.6. The van der Waals surface area contributed by atoms with Crippen molar-refractivity contribution in [3.63, 3.8) is 0 Å². The van der Waals surface area contributed by atoms with E-state index >= 15 is 0 Å². The van der Waals surface area contributed by atoms with Crippen molar-refractivity contribution < 1.29 is 4.92 Å². The van der Waals surface area contributed by atoms with Crippen LogP contribution in [0.15, 0.2) is 29.3 Å². The Bertz CT molecular complexity index is 579. The first-order valence-corrected chi connectivity index (χ1v) is 9.51. The number of nitrogens with one attached hydrogen (secondary N) is 2. The van der Waals surface area contributed by atoms with Gasteiger partial charge in [0, 0.05) is 18.7 Å². The summed E-state index contributed by atoms with van der Waals surface area (Å²) < 4.78 is 0. The molecule has 0 fully saturated rings. The Labute approximate surface area is 180 Å². The van der Waals surface area contributed by atoms with Crippen molar-refractivity contribution >= 4 is 35.6 Å². The normalized spacial score (nSPS) is 12.4. The fourth-order valence-corrected chi connectivity index (χ4v) is 2.77. The van der Waals surface area contributed by atoms with Gasteiger partial charge in [-0.05, 0) is 46.3 Å². The molecule has 0 aliphatic rings. The maximum Gasteiger partial charge on any atom is 0.274 e. The first kappa shape index (κ1) is 25.6. The fraction of sp³-hybridized carbons (Fsp3) is 0.632. The topological polar surface area (TPSA) is 82.8 Å². The second-order valence-electron chi connectivity index (χ2n) is 6.30. The molecule has 0 saturated heterocycles. The summed E-state index contributed by atoms with van der Waals surface area (Å²) in [4.78, 5) is 17.7. The Morgan fingerprint density at radius 1 is 1.26 bits per heavy atom. The predicted molar refractivity (Wildman–Crippen MR) is 123 cm³/mol. The van der Waals surface area contributed by atoms with Crippen LogP contribution in [-0.2, 0) is 6.54 Å². The molecular formula is C19H34IN5O2. The second-order valence-corrected chi connectivity index (χ2v) is 6.30. The molecule has 27 heavy (non-hydrogen) atoms. The Hall–Kier alpha value is -1.42. The minimum atomic E-state index is -0.360. The van der Waals surface area contributed by atoms with Crippen molar-refractivity contribution in [2.45, 2.75) is 53.1 Å². The van der Waals surface area contributed by atoms with E-state index in [2.05, 4.69) is 41.3 Å². The SMILES string of the molecule is CCNC(=NCc1ccccc1[N+](=O)[O-])NC(C)CCCN(CC)CC.I. The smallest absolute Gasteiger partial charge is 0.274 e. The average Bonchev–Trinajstić information content (AvgIpc) is 2.63. The van der Waals surface area contributed by atoms with Gasteiger partial charge in [-0.1, -0.05) is 32.0 Å². The summed E-state index contributed by atoms with van der Waals surface area (Å²) in [5.74, 6) is 0.695. The number of hydrogen-bond acceptors (Lipinski definition) is 4. The van der Waals surface area contributed by atoms with Crippen molar-refractivity contribution in [2.75, 3.05) is 26.2 Å². The van der Waals surface area contributed by atoms with Crippen LogP contribution >= 0.6 is 24.0 Å². The number of halogens is 1. The molecule has 1 atom stereocenters. The highest BCUT2D eigenvalue weighted by Gasteiger charge is 2.12. The minimum absolute atomic E-state index is 0. The van der Waals surface area contributed by atoms with Crippen molar-refractivity contribution in [3.05, 3.63) is 39.9 Å². The van der Waals surface area contributed by atoms with Crippen LogP contribution in [-0.4, -0.2) is 48.0 Å². The van der Waals surface area contributed by atoms with Crippen LogP contribution in [0.5, 0.6) is 0 Å². The Morgan fingerprint density at radius 2 is 1.93 bits per heavy atom. The highest BCUT2D eigenvalue weighted by Crippen LogP contribution is 2.18. The first-order chi connectivity index (χ1) is 12.5. The van der Waals surface area contributed by atoms with Gasteiger partial charge in [0.2, 0.25) is 0 Å². The van der Waals surface area contributed by atoms with E-state index in [0.29, 0.717) is 11.5 Å². The van der Waals surface area contributed by atoms with E-state index in [9.17, 15) is 10.1 Å². The Morgan fingerprint density at radius 3 is 2.52 bits per heavy atom. The zero-order chi connectivity index (χ0) is 19.4. The van der Waals surface area contributed by atoms with Gasteiger partial charge in [0.15, 0.2) is 5.96 Å². The molecule has 0 heterocycles. The summed E-state index contributed by atoms with van der Waals surface area (Å²) in [5, 5.41) is 17.7. The molecule has 1 aromatic rings. The number of rotatable bonds is 11. The van der Waals surface area contributed by atoms with E-state index in [1.54, 1.807) is 18.2 Å². The van der Waals surface area contributed by atoms with Crippen LogP contribution in [0, 0.1) is 10.1 Å². The molecule has 0 radical (unpaired) electrons. The molecule has 0 aliphatic heterocycles. The van der Waals surface area contributed by atoms with Gasteiger partial charge < -0.3 is 15.5 Å². The van der Waals surface area contributed by atoms with E-state index in [1.807, 2.05) is 6.92 Å². The third kappa shape index (κ3) is 9.90. The standard InChI is InChI=1S/C19H33N5O2.HI/c1-5-20-19(22-16(4)11-10-14-23(6-2)7-3)21-15-17-12-8-9-13-18(17)24(25)26;/h8-9,12-13,16H,5-7,10-11,14-15H2,1-4H3,(H2,20,21,22);1H. The van der Waals surface area contributed by atoms with Crippen LogP contribution in [0.2, 0.25) is 0 Å². The molecule has 0 spiro atoms. The monoisotopic (exact) mass is 491 g/mol. The number of hydrogen-bond donors (Lipinski definition) is 2. The maximum absolute atomic E-state index is 11.1. The number of guanidine groups is 1. The first-order valence-electron chi connectivity index (χ1n) is 9.51. The highest BCUT2D eigenvalue weighted by molar-refractivity contribution is 14.0. The molecular weight excluding hydrogens is 457 g/mol. The summed E-state index contributed by atoms with van der Waals surface area (Å²) in [7, 11) is 0. The summed E-state index contributed by atoms with van der Waals surface area (Å²) in [6.45, 7) is 12.8. The minimum Gasteiger partial charge on any atom is -0.357 e. The van der Waals surface area contributed by atoms with E-state index in [1.165, 1.54) is 6.07 Å². The fourth-order valence-electron chi connectivity index (χ4n) is 2.77. The number of nitro groups is 1. The van der Waals surface area contributed by atoms with Gasteiger partial charge in [-0.3, -0.25) is 10.1 Å². The van der Waals surface area contributed by atoms with Gasteiger partial charge in [0.05, 0.1) is 17.0 Å². The third-order valence-electron chi connectivity index (χ3n) is 4.33. The van der Waals surface area contributed by atoms with Gasteiger partial charge in [0.25, 0.3) is 5.69 Å². The molecule has 7 nitrogen and oxygen atoms in total. The van der Waals surface area contributed by atoms with Gasteiger partial charge >= 0.3 is 0 Å². The van der Waals surface area contributed by atoms with Gasteiger partial charge in [0.1, 0.15) is 0 Å². The quantitative estimate of drug-likeness (QED) is 0.162. The van der Waals surface area contributed by atoms with Crippen molar-refractivity contribution in [3.8, 4) is 0 Å². The Kier molecular flexibility index (Phi) is 13.8. The van der Waals surface area contributed by atoms with Gasteiger partial charge in [-0.15, -0.1) is 24.0 Å². The molecule has 8 heteroatoms. The molecule has 0 aromatic heterocycles. The van der Waals surface area contributed by atoms with Crippen LogP contribution in [0.3, 0.4) is 0 Å². The number of nitrogens with zero attached hydrogens (tertiary/aromatic N) is 3. The van der Waals surface area contributed by atoms with Crippen LogP contribution < -0.4 is 10.6 Å². The molecule has 1 rings (SSSR count). The lowest BCUT2D eigenvalue weighted by Crippen LogP contribution is -2.42. The van der Waals surface area contributed by atoms with Crippen molar-refractivity contribution in [1.29, 1.82) is 0 Å². The summed E-state index contributed by atoms with van der Waals surface area (Å²) in [6.07, 6.45) is 2.17. The molecule has 0 saturated carbocycles. The number of para-hydroxylation sites is 1. The third-order valence-corrected chi connectivity index (χ3v) is 4.33. The summed E-state index contributed by atoms with van der Waals surface area (Å²) >= 11 is 0. The molecule has 1 aromatic carbocycles. The average molecular weight is 491 g/mol. The predicted octanol–water partition coefficient (Wildman–Crippen LogP) is 3.78. The van der Waals surface area contributed by atoms with Crippen molar-refractivity contribution in [2.24, 2.45) is 4.99 Å². The molecule has 0 bridgehead atoms. The Balaban J connectivity index is 0.00000676. The number of nitro benzene ring substituents is 1. The number of aliphatic imine (C=N–C) groups is 1. The summed E-state index contributed by atoms with van der Waals surface area (Å²) in [5.41, 5.74) is 0.725. The van der Waals surface area contributed by atoms with Crippen LogP contribution in [0.1, 0.15) is 46.1 Å². The lowest BCUT2D eigenvalue weighted by atomic mass is 10.1. The largest absolute Gasteiger partial charge is 0.357 e. The molecule has 2 N–H and O–H groups in total. The summed E-state index contributed by atoms with van der Waals surface area (Å²) in [6, 6.07) is 7.02. The number of benzene rings is 1. The molecule has 154 valence electrons. The lowest BCUT2D eigenvalue weighted by Gasteiger charge is -2.21. The molecule has 1 unspecified atom stereocenters. The van der Waals surface area contributed by atoms with Gasteiger partial charge in [-0.2, -0.15) is 0 Å². The van der Waals surface area contributed by atoms with Crippen LogP contribution in [0.25, 0.3) is 0 Å². The van der Waals surface area contributed by atoms with Crippen LogP contribution in [0.4, 0.5) is 5.69 Å². The maximum atomic E-state index is 11.1. The zero-order valence-electron chi connectivity index (χ0n) is 16.9. The lowest BCUT2D eigenvalue weighted by molar-refractivity contribution is -0.385. The highest BCUT2D eigenvalue weighted by atomic mass is 127. The van der Waals surface area contributed by atoms with E-state index in [0.717, 1.165) is 39.0 Å². The molecule has 0 amide bonds. The molecule has 0 aliphatic carbocycles. The van der Waals surface area contributed by atoms with Gasteiger partial charge in [-0.25, -0.2) is 4.99 Å². The van der Waals surface area contributed by atoms with Crippen molar-refractivity contribution in [1.82, 2.24) is 15.5 Å².